The lowest BCUT2D eigenvalue weighted by molar-refractivity contribution is 0.204. The second kappa shape index (κ2) is 5.28. The molecule has 94 valence electrons. The third-order valence-corrected chi connectivity index (χ3v) is 3.64. The summed E-state index contributed by atoms with van der Waals surface area (Å²) in [6, 6.07) is 6.36. The van der Waals surface area contributed by atoms with Crippen LogP contribution in [-0.2, 0) is 6.54 Å². The van der Waals surface area contributed by atoms with Gasteiger partial charge in [0.1, 0.15) is 0 Å². The van der Waals surface area contributed by atoms with E-state index < -0.39 is 0 Å². The number of anilines is 1. The summed E-state index contributed by atoms with van der Waals surface area (Å²) in [7, 11) is 0. The monoisotopic (exact) mass is 252 g/mol. The zero-order chi connectivity index (χ0) is 12.4. The lowest BCUT2D eigenvalue weighted by Crippen LogP contribution is -2.32. The Morgan fingerprint density at radius 2 is 2.12 bits per heavy atom. The maximum atomic E-state index is 6.01. The van der Waals surface area contributed by atoms with Crippen LogP contribution in [0.1, 0.15) is 32.3 Å². The predicted molar refractivity (Wildman–Crippen MR) is 74.1 cm³/mol. The molecule has 0 spiro atoms. The highest BCUT2D eigenvalue weighted by molar-refractivity contribution is 6.30. The molecule has 1 aliphatic rings. The summed E-state index contributed by atoms with van der Waals surface area (Å²) < 4.78 is 0. The predicted octanol–water partition coefficient (Wildman–Crippen LogP) is 3.54. The maximum Gasteiger partial charge on any atom is 0.0426 e. The number of hydrogen-bond acceptors (Lipinski definition) is 2. The van der Waals surface area contributed by atoms with Gasteiger partial charge in [-0.3, -0.25) is 4.90 Å². The standard InChI is InChI=1S/C14H21ClN2/c1-10(2)17(8-11-3-4-11)9-12-5-6-13(15)7-14(12)16/h5-7,10-11H,3-4,8-9,16H2,1-2H3. The Hall–Kier alpha value is -0.730. The summed E-state index contributed by atoms with van der Waals surface area (Å²) in [5.41, 5.74) is 7.99. The summed E-state index contributed by atoms with van der Waals surface area (Å²) in [6.07, 6.45) is 2.78. The lowest BCUT2D eigenvalue weighted by Gasteiger charge is -2.27. The number of halogens is 1. The van der Waals surface area contributed by atoms with Crippen LogP contribution in [0.25, 0.3) is 0 Å². The summed E-state index contributed by atoms with van der Waals surface area (Å²) in [6.45, 7) is 6.61. The largest absolute Gasteiger partial charge is 0.398 e. The van der Waals surface area contributed by atoms with Gasteiger partial charge in [0.05, 0.1) is 0 Å². The molecule has 1 fully saturated rings. The molecule has 0 aromatic heterocycles. The van der Waals surface area contributed by atoms with E-state index in [4.69, 9.17) is 17.3 Å². The van der Waals surface area contributed by atoms with E-state index in [1.807, 2.05) is 18.2 Å². The SMILES string of the molecule is CC(C)N(Cc1ccc(Cl)cc1N)CC1CC1. The van der Waals surface area contributed by atoms with Crippen LogP contribution >= 0.6 is 11.6 Å². The zero-order valence-electron chi connectivity index (χ0n) is 10.6. The van der Waals surface area contributed by atoms with Gasteiger partial charge in [-0.1, -0.05) is 17.7 Å². The molecule has 2 nitrogen and oxygen atoms in total. The van der Waals surface area contributed by atoms with Crippen LogP contribution in [0.5, 0.6) is 0 Å². The lowest BCUT2D eigenvalue weighted by atomic mass is 10.1. The molecule has 0 radical (unpaired) electrons. The van der Waals surface area contributed by atoms with E-state index in [9.17, 15) is 0 Å². The van der Waals surface area contributed by atoms with Gasteiger partial charge in [-0.2, -0.15) is 0 Å². The first-order valence-electron chi connectivity index (χ1n) is 6.34. The van der Waals surface area contributed by atoms with Crippen LogP contribution in [0.4, 0.5) is 5.69 Å². The number of benzene rings is 1. The number of rotatable bonds is 5. The molecule has 0 saturated heterocycles. The number of hydrogen-bond donors (Lipinski definition) is 1. The Kier molecular flexibility index (Phi) is 3.95. The molecule has 1 aromatic rings. The van der Waals surface area contributed by atoms with Crippen LogP contribution < -0.4 is 5.73 Å². The molecule has 1 saturated carbocycles. The first kappa shape index (κ1) is 12.7. The average Bonchev–Trinajstić information content (AvgIpc) is 3.04. The first-order chi connectivity index (χ1) is 8.06. The van der Waals surface area contributed by atoms with E-state index in [2.05, 4.69) is 18.7 Å². The van der Waals surface area contributed by atoms with Gasteiger partial charge in [0.2, 0.25) is 0 Å². The van der Waals surface area contributed by atoms with E-state index >= 15 is 0 Å². The van der Waals surface area contributed by atoms with Crippen molar-refractivity contribution in [1.29, 1.82) is 0 Å². The Labute approximate surface area is 109 Å². The van der Waals surface area contributed by atoms with Gasteiger partial charge in [-0.15, -0.1) is 0 Å². The molecule has 17 heavy (non-hydrogen) atoms. The molecule has 3 heteroatoms. The van der Waals surface area contributed by atoms with Crippen LogP contribution in [0, 0.1) is 5.92 Å². The third-order valence-electron chi connectivity index (χ3n) is 3.40. The molecule has 0 aliphatic heterocycles. The molecule has 1 aliphatic carbocycles. The molecule has 0 bridgehead atoms. The quantitative estimate of drug-likeness (QED) is 0.813. The van der Waals surface area contributed by atoms with Crippen molar-refractivity contribution in [2.45, 2.75) is 39.3 Å². The van der Waals surface area contributed by atoms with Gasteiger partial charge >= 0.3 is 0 Å². The first-order valence-corrected chi connectivity index (χ1v) is 6.72. The second-order valence-corrected chi connectivity index (χ2v) is 5.75. The van der Waals surface area contributed by atoms with Crippen LogP contribution in [0.2, 0.25) is 5.02 Å². The van der Waals surface area contributed by atoms with E-state index in [-0.39, 0.29) is 0 Å². The van der Waals surface area contributed by atoms with Crippen LogP contribution in [0.3, 0.4) is 0 Å². The topological polar surface area (TPSA) is 29.3 Å². The highest BCUT2D eigenvalue weighted by atomic mass is 35.5. The Morgan fingerprint density at radius 1 is 1.41 bits per heavy atom. The van der Waals surface area contributed by atoms with Crippen molar-refractivity contribution in [3.63, 3.8) is 0 Å². The van der Waals surface area contributed by atoms with Crippen LogP contribution in [0.15, 0.2) is 18.2 Å². The summed E-state index contributed by atoms with van der Waals surface area (Å²) in [4.78, 5) is 2.50. The van der Waals surface area contributed by atoms with Crippen LogP contribution in [-0.4, -0.2) is 17.5 Å². The van der Waals surface area contributed by atoms with Crippen molar-refractivity contribution < 1.29 is 0 Å². The molecule has 0 amide bonds. The van der Waals surface area contributed by atoms with Crippen molar-refractivity contribution >= 4 is 17.3 Å². The molecule has 0 heterocycles. The minimum Gasteiger partial charge on any atom is -0.398 e. The van der Waals surface area contributed by atoms with E-state index in [0.29, 0.717) is 11.1 Å². The fourth-order valence-corrected chi connectivity index (χ4v) is 2.20. The average molecular weight is 253 g/mol. The maximum absolute atomic E-state index is 6.01. The minimum absolute atomic E-state index is 0.561. The van der Waals surface area contributed by atoms with E-state index in [0.717, 1.165) is 18.2 Å². The molecule has 2 rings (SSSR count). The van der Waals surface area contributed by atoms with E-state index in [1.54, 1.807) is 0 Å². The highest BCUT2D eigenvalue weighted by Gasteiger charge is 2.25. The van der Waals surface area contributed by atoms with E-state index in [1.165, 1.54) is 24.9 Å². The van der Waals surface area contributed by atoms with Crippen molar-refractivity contribution in [1.82, 2.24) is 4.90 Å². The number of nitrogen functional groups attached to an aromatic ring is 1. The van der Waals surface area contributed by atoms with Gasteiger partial charge in [0.15, 0.2) is 0 Å². The highest BCUT2D eigenvalue weighted by Crippen LogP contribution is 2.31. The van der Waals surface area contributed by atoms with Gasteiger partial charge in [0, 0.05) is 29.8 Å². The molecular weight excluding hydrogens is 232 g/mol. The summed E-state index contributed by atoms with van der Waals surface area (Å²) in [5, 5.41) is 0.713. The summed E-state index contributed by atoms with van der Waals surface area (Å²) in [5.74, 6) is 0.908. The fourth-order valence-electron chi connectivity index (χ4n) is 2.02. The molecule has 0 atom stereocenters. The molecule has 2 N–H and O–H groups in total. The Balaban J connectivity index is 2.05. The molecule has 1 aromatic carbocycles. The van der Waals surface area contributed by atoms with Gasteiger partial charge in [0.25, 0.3) is 0 Å². The number of nitrogens with two attached hydrogens (primary N) is 1. The molecular formula is C14H21ClN2. The molecule has 0 unspecified atom stereocenters. The fraction of sp³-hybridized carbons (Fsp3) is 0.571. The minimum atomic E-state index is 0.561. The van der Waals surface area contributed by atoms with Crippen molar-refractivity contribution in [3.05, 3.63) is 28.8 Å². The van der Waals surface area contributed by atoms with Crippen molar-refractivity contribution in [2.24, 2.45) is 5.92 Å². The number of nitrogens with zero attached hydrogens (tertiary/aromatic N) is 1. The smallest absolute Gasteiger partial charge is 0.0426 e. The van der Waals surface area contributed by atoms with Crippen molar-refractivity contribution in [3.8, 4) is 0 Å². The van der Waals surface area contributed by atoms with Gasteiger partial charge in [-0.05, 0) is 50.3 Å². The summed E-state index contributed by atoms with van der Waals surface area (Å²) >= 11 is 5.92. The third kappa shape index (κ3) is 3.62. The Morgan fingerprint density at radius 3 is 2.65 bits per heavy atom. The zero-order valence-corrected chi connectivity index (χ0v) is 11.4. The van der Waals surface area contributed by atoms with Gasteiger partial charge in [-0.25, -0.2) is 0 Å². The Bertz CT molecular complexity index is 386. The van der Waals surface area contributed by atoms with Gasteiger partial charge < -0.3 is 5.73 Å². The second-order valence-electron chi connectivity index (χ2n) is 5.31. The normalized spacial score (nSPS) is 15.8. The van der Waals surface area contributed by atoms with Crippen molar-refractivity contribution in [2.75, 3.05) is 12.3 Å².